The van der Waals surface area contributed by atoms with Gasteiger partial charge in [-0.05, 0) is 61.0 Å². The van der Waals surface area contributed by atoms with Gasteiger partial charge >= 0.3 is 0 Å². The topological polar surface area (TPSA) is 108 Å². The summed E-state index contributed by atoms with van der Waals surface area (Å²) >= 11 is 0. The molecule has 1 amide bonds. The van der Waals surface area contributed by atoms with E-state index in [1.165, 1.54) is 12.1 Å². The molecule has 0 saturated heterocycles. The molecule has 8 heteroatoms. The van der Waals surface area contributed by atoms with E-state index in [1.54, 1.807) is 48.3 Å². The first kappa shape index (κ1) is 23.0. The number of nitrogens with zero attached hydrogens (tertiary/aromatic N) is 3. The summed E-state index contributed by atoms with van der Waals surface area (Å²) in [6.45, 7) is 2.40. The summed E-state index contributed by atoms with van der Waals surface area (Å²) in [5.41, 5.74) is 1.72. The van der Waals surface area contributed by atoms with E-state index in [4.69, 9.17) is 4.74 Å². The Bertz CT molecular complexity index is 1220. The number of nitrogens with one attached hydrogen (secondary N) is 1. The Hall–Kier alpha value is -4.64. The molecule has 0 bridgehead atoms. The summed E-state index contributed by atoms with van der Waals surface area (Å²) < 4.78 is 5.36. The van der Waals surface area contributed by atoms with Crippen LogP contribution < -0.4 is 15.0 Å². The third-order valence-corrected chi connectivity index (χ3v) is 4.80. The third-order valence-electron chi connectivity index (χ3n) is 4.80. The summed E-state index contributed by atoms with van der Waals surface area (Å²) in [7, 11) is 1.73. The monoisotopic (exact) mass is 442 g/mol. The van der Waals surface area contributed by atoms with Gasteiger partial charge in [0.25, 0.3) is 11.6 Å². The predicted octanol–water partition coefficient (Wildman–Crippen LogP) is 5.31. The summed E-state index contributed by atoms with van der Waals surface area (Å²) in [5, 5.41) is 23.8. The van der Waals surface area contributed by atoms with Crippen LogP contribution in [-0.4, -0.2) is 24.5 Å². The molecule has 3 aromatic carbocycles. The van der Waals surface area contributed by atoms with E-state index >= 15 is 0 Å². The van der Waals surface area contributed by atoms with E-state index in [-0.39, 0.29) is 11.3 Å². The molecule has 0 aliphatic carbocycles. The molecule has 0 spiro atoms. The Morgan fingerprint density at radius 2 is 1.85 bits per heavy atom. The molecule has 0 aliphatic rings. The van der Waals surface area contributed by atoms with Crippen molar-refractivity contribution < 1.29 is 14.5 Å². The van der Waals surface area contributed by atoms with Crippen LogP contribution in [0.4, 0.5) is 22.7 Å². The van der Waals surface area contributed by atoms with E-state index in [0.717, 1.165) is 5.69 Å². The number of carbonyl (C=O) groups excluding carboxylic acids is 1. The molecule has 8 nitrogen and oxygen atoms in total. The lowest BCUT2D eigenvalue weighted by Crippen LogP contribution is -2.13. The number of amides is 1. The molecular weight excluding hydrogens is 420 g/mol. The normalized spacial score (nSPS) is 10.8. The molecular formula is C25H22N4O4. The molecule has 0 aliphatic heterocycles. The molecule has 166 valence electrons. The molecule has 3 rings (SSSR count). The largest absolute Gasteiger partial charge is 0.494 e. The van der Waals surface area contributed by atoms with Crippen LogP contribution in [0.5, 0.6) is 5.75 Å². The van der Waals surface area contributed by atoms with Gasteiger partial charge in [-0.15, -0.1) is 0 Å². The van der Waals surface area contributed by atoms with Gasteiger partial charge in [0.1, 0.15) is 23.1 Å². The van der Waals surface area contributed by atoms with Crippen LogP contribution in [0.15, 0.2) is 78.4 Å². The van der Waals surface area contributed by atoms with Crippen LogP contribution in [0.2, 0.25) is 0 Å². The minimum Gasteiger partial charge on any atom is -0.494 e. The quantitative estimate of drug-likeness (QED) is 0.219. The maximum atomic E-state index is 12.6. The molecule has 1 N–H and O–H groups in total. The highest BCUT2D eigenvalue weighted by Gasteiger charge is 2.19. The van der Waals surface area contributed by atoms with Crippen molar-refractivity contribution in [3.05, 3.63) is 94.0 Å². The summed E-state index contributed by atoms with van der Waals surface area (Å²) in [5.74, 6) is 0.0502. The second-order valence-electron chi connectivity index (χ2n) is 6.98. The second kappa shape index (κ2) is 10.6. The smallest absolute Gasteiger partial charge is 0.293 e. The van der Waals surface area contributed by atoms with Crippen molar-refractivity contribution in [2.45, 2.75) is 6.92 Å². The summed E-state index contributed by atoms with van der Waals surface area (Å²) in [6.07, 6.45) is 1.32. The number of nitro benzene ring substituents is 1. The van der Waals surface area contributed by atoms with Gasteiger partial charge in [0.05, 0.1) is 11.5 Å². The van der Waals surface area contributed by atoms with Crippen LogP contribution in [-0.2, 0) is 4.79 Å². The van der Waals surface area contributed by atoms with E-state index in [0.29, 0.717) is 29.3 Å². The second-order valence-corrected chi connectivity index (χ2v) is 6.98. The van der Waals surface area contributed by atoms with Crippen molar-refractivity contribution >= 4 is 34.7 Å². The van der Waals surface area contributed by atoms with Crippen molar-refractivity contribution in [2.24, 2.45) is 0 Å². The number of benzene rings is 3. The molecule has 0 heterocycles. The highest BCUT2D eigenvalue weighted by molar-refractivity contribution is 6.09. The number of hydrogen-bond donors (Lipinski definition) is 1. The number of anilines is 3. The maximum absolute atomic E-state index is 12.6. The van der Waals surface area contributed by atoms with E-state index in [1.807, 2.05) is 43.3 Å². The standard InChI is InChI=1S/C25H22N4O4/c1-3-33-22-12-10-20(11-13-22)27-25(30)19(17-26)15-18-9-14-23(24(16-18)29(31)32)28(2)21-7-5-4-6-8-21/h4-16H,3H2,1-2H3,(H,27,30). The minimum atomic E-state index is -0.616. The van der Waals surface area contributed by atoms with Gasteiger partial charge in [-0.1, -0.05) is 24.3 Å². The number of hydrogen-bond acceptors (Lipinski definition) is 6. The Balaban J connectivity index is 1.85. The van der Waals surface area contributed by atoms with Crippen LogP contribution in [0.1, 0.15) is 12.5 Å². The van der Waals surface area contributed by atoms with Crippen LogP contribution in [0.3, 0.4) is 0 Å². The fourth-order valence-electron chi connectivity index (χ4n) is 3.17. The Kier molecular flexibility index (Phi) is 7.39. The number of nitriles is 1. The maximum Gasteiger partial charge on any atom is 0.293 e. The first-order valence-corrected chi connectivity index (χ1v) is 10.2. The molecule has 0 atom stereocenters. The van der Waals surface area contributed by atoms with Gasteiger partial charge in [0, 0.05) is 24.5 Å². The van der Waals surface area contributed by atoms with Gasteiger partial charge in [-0.2, -0.15) is 5.26 Å². The average molecular weight is 442 g/mol. The molecule has 0 radical (unpaired) electrons. The lowest BCUT2D eigenvalue weighted by molar-refractivity contribution is -0.384. The zero-order valence-corrected chi connectivity index (χ0v) is 18.2. The first-order chi connectivity index (χ1) is 15.9. The Morgan fingerprint density at radius 3 is 2.45 bits per heavy atom. The van der Waals surface area contributed by atoms with E-state index < -0.39 is 10.8 Å². The van der Waals surface area contributed by atoms with Crippen molar-refractivity contribution in [2.75, 3.05) is 23.9 Å². The van der Waals surface area contributed by atoms with Gasteiger partial charge < -0.3 is 15.0 Å². The van der Waals surface area contributed by atoms with Gasteiger partial charge in [-0.3, -0.25) is 14.9 Å². The van der Waals surface area contributed by atoms with Crippen LogP contribution in [0, 0.1) is 21.4 Å². The highest BCUT2D eigenvalue weighted by atomic mass is 16.6. The molecule has 33 heavy (non-hydrogen) atoms. The SMILES string of the molecule is CCOc1ccc(NC(=O)C(C#N)=Cc2ccc(N(C)c3ccccc3)c([N+](=O)[O-])c2)cc1. The number of nitro groups is 1. The number of rotatable bonds is 8. The molecule has 0 unspecified atom stereocenters. The summed E-state index contributed by atoms with van der Waals surface area (Å²) in [4.78, 5) is 25.5. The van der Waals surface area contributed by atoms with Crippen molar-refractivity contribution in [3.8, 4) is 11.8 Å². The zero-order chi connectivity index (χ0) is 23.8. The number of para-hydroxylation sites is 1. The summed E-state index contributed by atoms with van der Waals surface area (Å²) in [6, 6.07) is 22.4. The van der Waals surface area contributed by atoms with Crippen molar-refractivity contribution in [1.82, 2.24) is 0 Å². The third kappa shape index (κ3) is 5.74. The fourth-order valence-corrected chi connectivity index (χ4v) is 3.17. The lowest BCUT2D eigenvalue weighted by Gasteiger charge is -2.19. The van der Waals surface area contributed by atoms with E-state index in [9.17, 15) is 20.2 Å². The van der Waals surface area contributed by atoms with Gasteiger partial charge in [0.2, 0.25) is 0 Å². The van der Waals surface area contributed by atoms with Crippen LogP contribution >= 0.6 is 0 Å². The highest BCUT2D eigenvalue weighted by Crippen LogP contribution is 2.33. The predicted molar refractivity (Wildman–Crippen MR) is 127 cm³/mol. The Labute approximate surface area is 191 Å². The molecule has 0 saturated carbocycles. The zero-order valence-electron chi connectivity index (χ0n) is 18.2. The van der Waals surface area contributed by atoms with Gasteiger partial charge in [-0.25, -0.2) is 0 Å². The van der Waals surface area contributed by atoms with E-state index in [2.05, 4.69) is 5.32 Å². The average Bonchev–Trinajstić information content (AvgIpc) is 2.83. The van der Waals surface area contributed by atoms with Crippen molar-refractivity contribution in [3.63, 3.8) is 0 Å². The Morgan fingerprint density at radius 1 is 1.15 bits per heavy atom. The number of carbonyl (C=O) groups is 1. The van der Waals surface area contributed by atoms with Gasteiger partial charge in [0.15, 0.2) is 0 Å². The van der Waals surface area contributed by atoms with Crippen molar-refractivity contribution in [1.29, 1.82) is 5.26 Å². The molecule has 3 aromatic rings. The molecule has 0 fully saturated rings. The van der Waals surface area contributed by atoms with Crippen LogP contribution in [0.25, 0.3) is 6.08 Å². The molecule has 0 aromatic heterocycles. The minimum absolute atomic E-state index is 0.140. The number of ether oxygens (including phenoxy) is 1. The lowest BCUT2D eigenvalue weighted by atomic mass is 10.1. The fraction of sp³-hybridized carbons (Fsp3) is 0.120. The first-order valence-electron chi connectivity index (χ1n) is 10.2.